The summed E-state index contributed by atoms with van der Waals surface area (Å²) in [4.78, 5) is 14.2. The summed E-state index contributed by atoms with van der Waals surface area (Å²) in [5, 5.41) is 3.31. The highest BCUT2D eigenvalue weighted by molar-refractivity contribution is 5.82. The lowest BCUT2D eigenvalue weighted by atomic mass is 9.79. The number of piperidine rings is 1. The zero-order valence-electron chi connectivity index (χ0n) is 9.18. The van der Waals surface area contributed by atoms with Gasteiger partial charge in [0.25, 0.3) is 0 Å². The molecule has 2 aliphatic rings. The van der Waals surface area contributed by atoms with Crippen LogP contribution in [0.15, 0.2) is 0 Å². The monoisotopic (exact) mass is 196 g/mol. The lowest BCUT2D eigenvalue weighted by Gasteiger charge is -2.36. The maximum Gasteiger partial charge on any atom is 0.228 e. The molecule has 3 heteroatoms. The molecule has 14 heavy (non-hydrogen) atoms. The number of rotatable bonds is 2. The number of nitrogens with one attached hydrogen (secondary N) is 1. The van der Waals surface area contributed by atoms with E-state index in [0.29, 0.717) is 11.9 Å². The second kappa shape index (κ2) is 3.54. The first kappa shape index (κ1) is 9.97. The van der Waals surface area contributed by atoms with Crippen LogP contribution in [0, 0.1) is 5.41 Å². The van der Waals surface area contributed by atoms with Crippen molar-refractivity contribution < 1.29 is 4.79 Å². The maximum absolute atomic E-state index is 12.2. The van der Waals surface area contributed by atoms with E-state index in [9.17, 15) is 4.79 Å². The van der Waals surface area contributed by atoms with Gasteiger partial charge in [0.2, 0.25) is 5.91 Å². The van der Waals surface area contributed by atoms with Crippen LogP contribution >= 0.6 is 0 Å². The molecule has 1 N–H and O–H groups in total. The van der Waals surface area contributed by atoms with Crippen LogP contribution in [0.2, 0.25) is 0 Å². The largest absolute Gasteiger partial charge is 0.342 e. The Labute approximate surface area is 85.8 Å². The van der Waals surface area contributed by atoms with E-state index in [1.165, 1.54) is 12.8 Å². The molecule has 0 atom stereocenters. The predicted octanol–water partition coefficient (Wildman–Crippen LogP) is 0.997. The van der Waals surface area contributed by atoms with Gasteiger partial charge in [0.05, 0.1) is 0 Å². The Morgan fingerprint density at radius 2 is 1.93 bits per heavy atom. The molecule has 1 saturated heterocycles. The Kier molecular flexibility index (Phi) is 2.52. The summed E-state index contributed by atoms with van der Waals surface area (Å²) in [6, 6.07) is 0.550. The number of amides is 1. The van der Waals surface area contributed by atoms with Gasteiger partial charge in [-0.1, -0.05) is 6.92 Å². The van der Waals surface area contributed by atoms with Gasteiger partial charge in [0.1, 0.15) is 0 Å². The van der Waals surface area contributed by atoms with E-state index in [-0.39, 0.29) is 5.41 Å². The minimum atomic E-state index is -0.0947. The molecule has 2 rings (SSSR count). The van der Waals surface area contributed by atoms with Crippen molar-refractivity contribution in [2.45, 2.75) is 38.6 Å². The van der Waals surface area contributed by atoms with Crippen molar-refractivity contribution >= 4 is 5.91 Å². The highest BCUT2D eigenvalue weighted by Gasteiger charge is 2.40. The SMILES string of the molecule is CN(C(=O)C1(C)CCNCC1)C1CC1. The number of carbonyl (C=O) groups excluding carboxylic acids is 1. The summed E-state index contributed by atoms with van der Waals surface area (Å²) in [5.74, 6) is 0.363. The van der Waals surface area contributed by atoms with E-state index >= 15 is 0 Å². The fraction of sp³-hybridized carbons (Fsp3) is 0.909. The van der Waals surface area contributed by atoms with Gasteiger partial charge in [-0.15, -0.1) is 0 Å². The normalized spacial score (nSPS) is 25.9. The highest BCUT2D eigenvalue weighted by atomic mass is 16.2. The molecule has 0 aromatic rings. The molecule has 0 unspecified atom stereocenters. The predicted molar refractivity (Wildman–Crippen MR) is 56.0 cm³/mol. The average Bonchev–Trinajstić information content (AvgIpc) is 3.00. The smallest absolute Gasteiger partial charge is 0.228 e. The molecule has 1 amide bonds. The van der Waals surface area contributed by atoms with Crippen LogP contribution in [0.3, 0.4) is 0 Å². The van der Waals surface area contributed by atoms with E-state index < -0.39 is 0 Å². The number of hydrogen-bond acceptors (Lipinski definition) is 2. The fourth-order valence-corrected chi connectivity index (χ4v) is 2.25. The van der Waals surface area contributed by atoms with E-state index in [1.54, 1.807) is 0 Å². The van der Waals surface area contributed by atoms with Crippen LogP contribution in [0.5, 0.6) is 0 Å². The van der Waals surface area contributed by atoms with Crippen molar-refractivity contribution in [1.29, 1.82) is 0 Å². The molecule has 1 saturated carbocycles. The second-order valence-corrected chi connectivity index (χ2v) is 4.96. The number of carbonyl (C=O) groups is 1. The number of hydrogen-bond donors (Lipinski definition) is 1. The van der Waals surface area contributed by atoms with Crippen molar-refractivity contribution in [3.63, 3.8) is 0 Å². The molecular formula is C11H20N2O. The van der Waals surface area contributed by atoms with Crippen LogP contribution < -0.4 is 5.32 Å². The Balaban J connectivity index is 2.00. The third kappa shape index (κ3) is 1.78. The third-order valence-corrected chi connectivity index (χ3v) is 3.64. The summed E-state index contributed by atoms with van der Waals surface area (Å²) in [6.45, 7) is 4.09. The first-order chi connectivity index (χ1) is 6.63. The van der Waals surface area contributed by atoms with E-state index in [4.69, 9.17) is 0 Å². The molecule has 1 aliphatic carbocycles. The summed E-state index contributed by atoms with van der Waals surface area (Å²) in [7, 11) is 1.97. The standard InChI is InChI=1S/C11H20N2O/c1-11(5-7-12-8-6-11)10(14)13(2)9-3-4-9/h9,12H,3-8H2,1-2H3. The first-order valence-corrected chi connectivity index (χ1v) is 5.61. The van der Waals surface area contributed by atoms with Crippen molar-refractivity contribution in [3.8, 4) is 0 Å². The molecular weight excluding hydrogens is 176 g/mol. The minimum absolute atomic E-state index is 0.0947. The van der Waals surface area contributed by atoms with Gasteiger partial charge in [-0.25, -0.2) is 0 Å². The van der Waals surface area contributed by atoms with Crippen LogP contribution in [-0.2, 0) is 4.79 Å². The lowest BCUT2D eigenvalue weighted by Crippen LogP contribution is -2.47. The summed E-state index contributed by atoms with van der Waals surface area (Å²) < 4.78 is 0. The molecule has 0 spiro atoms. The summed E-state index contributed by atoms with van der Waals surface area (Å²) in [6.07, 6.45) is 4.39. The molecule has 0 bridgehead atoms. The average molecular weight is 196 g/mol. The van der Waals surface area contributed by atoms with Gasteiger partial charge in [-0.3, -0.25) is 4.79 Å². The Bertz CT molecular complexity index is 229. The summed E-state index contributed by atoms with van der Waals surface area (Å²) >= 11 is 0. The second-order valence-electron chi connectivity index (χ2n) is 4.96. The van der Waals surface area contributed by atoms with E-state index in [2.05, 4.69) is 12.2 Å². The Morgan fingerprint density at radius 1 is 1.36 bits per heavy atom. The zero-order valence-corrected chi connectivity index (χ0v) is 9.18. The quantitative estimate of drug-likeness (QED) is 0.714. The Hall–Kier alpha value is -0.570. The molecule has 1 aliphatic heterocycles. The number of nitrogens with zero attached hydrogens (tertiary/aromatic N) is 1. The lowest BCUT2D eigenvalue weighted by molar-refractivity contribution is -0.141. The Morgan fingerprint density at radius 3 is 2.43 bits per heavy atom. The first-order valence-electron chi connectivity index (χ1n) is 5.61. The van der Waals surface area contributed by atoms with Crippen molar-refractivity contribution in [1.82, 2.24) is 10.2 Å². The van der Waals surface area contributed by atoms with Gasteiger partial charge in [0, 0.05) is 18.5 Å². The summed E-state index contributed by atoms with van der Waals surface area (Å²) in [5.41, 5.74) is -0.0947. The van der Waals surface area contributed by atoms with Crippen molar-refractivity contribution in [3.05, 3.63) is 0 Å². The van der Waals surface area contributed by atoms with E-state index in [1.807, 2.05) is 11.9 Å². The topological polar surface area (TPSA) is 32.3 Å². The molecule has 2 fully saturated rings. The van der Waals surface area contributed by atoms with Gasteiger partial charge < -0.3 is 10.2 Å². The van der Waals surface area contributed by atoms with Gasteiger partial charge in [-0.2, -0.15) is 0 Å². The molecule has 3 nitrogen and oxygen atoms in total. The van der Waals surface area contributed by atoms with Crippen molar-refractivity contribution in [2.75, 3.05) is 20.1 Å². The van der Waals surface area contributed by atoms with Gasteiger partial charge in [-0.05, 0) is 38.8 Å². The van der Waals surface area contributed by atoms with Gasteiger partial charge >= 0.3 is 0 Å². The van der Waals surface area contributed by atoms with Crippen molar-refractivity contribution in [2.24, 2.45) is 5.41 Å². The molecule has 80 valence electrons. The fourth-order valence-electron chi connectivity index (χ4n) is 2.25. The maximum atomic E-state index is 12.2. The van der Waals surface area contributed by atoms with Crippen LogP contribution in [0.4, 0.5) is 0 Å². The third-order valence-electron chi connectivity index (χ3n) is 3.64. The molecule has 0 radical (unpaired) electrons. The van der Waals surface area contributed by atoms with Crippen LogP contribution in [-0.4, -0.2) is 37.0 Å². The van der Waals surface area contributed by atoms with E-state index in [0.717, 1.165) is 25.9 Å². The molecule has 0 aromatic carbocycles. The van der Waals surface area contributed by atoms with Gasteiger partial charge in [0.15, 0.2) is 0 Å². The highest BCUT2D eigenvalue weighted by Crippen LogP contribution is 2.34. The minimum Gasteiger partial charge on any atom is -0.342 e. The zero-order chi connectivity index (χ0) is 10.2. The molecule has 1 heterocycles. The van der Waals surface area contributed by atoms with Crippen LogP contribution in [0.25, 0.3) is 0 Å². The van der Waals surface area contributed by atoms with Crippen LogP contribution in [0.1, 0.15) is 32.6 Å². The molecule has 0 aromatic heterocycles.